The van der Waals surface area contributed by atoms with Crippen molar-refractivity contribution in [1.29, 1.82) is 0 Å². The first-order valence-corrected chi connectivity index (χ1v) is 23.9. The third kappa shape index (κ3) is 7.85. The van der Waals surface area contributed by atoms with E-state index in [0.717, 1.165) is 51.6 Å². The van der Waals surface area contributed by atoms with Gasteiger partial charge in [0.05, 0.1) is 44.7 Å². The van der Waals surface area contributed by atoms with Gasteiger partial charge in [-0.2, -0.15) is 0 Å². The maximum atomic E-state index is 11.8. The smallest absolute Gasteiger partial charge is 0.187 e. The zero-order chi connectivity index (χ0) is 45.8. The molecular formula is C45H74O19. The molecular weight excluding hydrogens is 844 g/mol. The Kier molecular flexibility index (Phi) is 13.7. The van der Waals surface area contributed by atoms with Gasteiger partial charge in [-0.15, -0.1) is 0 Å². The highest BCUT2D eigenvalue weighted by atomic mass is 16.8. The molecule has 5 aliphatic heterocycles. The van der Waals surface area contributed by atoms with E-state index in [9.17, 15) is 56.2 Å². The molecule has 4 saturated carbocycles. The standard InChI is InChI=1S/C45H74O19/c1-18-7-10-45(57-17-18)19(2)30-26(64-45)12-23-21-6-5-20-11-25(24(49)13-44(20,4)22(21)8-9-43(23,30)3)58-40-37(56)35(54)38(29(16-48)61-40)62-42-39(34(53)32(51)28(15-47)60-42)63-41-36(55)33(52)31(50)27(14-46)59-41/h18-42,46-56H,5-17H2,1-4H3/t18-,19+,20+,21-,22-,23+,24+,25-,26+,27-,28-,29+,30+,31-,32-,33+,34+,35+,36+,37+,38+,39+,40+,41+,42+,43-,44-,45-/m1/s1. The van der Waals surface area contributed by atoms with Crippen LogP contribution in [0, 0.1) is 52.3 Å². The van der Waals surface area contributed by atoms with Crippen molar-refractivity contribution in [3.05, 3.63) is 0 Å². The van der Waals surface area contributed by atoms with Gasteiger partial charge in [0.15, 0.2) is 24.7 Å². The summed E-state index contributed by atoms with van der Waals surface area (Å²) >= 11 is 0. The van der Waals surface area contributed by atoms with Crippen LogP contribution in [0.3, 0.4) is 0 Å². The first-order chi connectivity index (χ1) is 30.4. The highest BCUT2D eigenvalue weighted by Gasteiger charge is 2.69. The van der Waals surface area contributed by atoms with Crippen molar-refractivity contribution in [1.82, 2.24) is 0 Å². The molecule has 368 valence electrons. The van der Waals surface area contributed by atoms with Gasteiger partial charge >= 0.3 is 0 Å². The van der Waals surface area contributed by atoms with Gasteiger partial charge in [0.2, 0.25) is 0 Å². The average Bonchev–Trinajstić information content (AvgIpc) is 3.72. The lowest BCUT2D eigenvalue weighted by atomic mass is 9.44. The van der Waals surface area contributed by atoms with Crippen molar-refractivity contribution >= 4 is 0 Å². The van der Waals surface area contributed by atoms with Crippen molar-refractivity contribution in [2.75, 3.05) is 26.4 Å². The predicted molar refractivity (Wildman–Crippen MR) is 217 cm³/mol. The van der Waals surface area contributed by atoms with Gasteiger partial charge in [0.1, 0.15) is 73.2 Å². The Morgan fingerprint density at radius 1 is 0.578 bits per heavy atom. The molecule has 19 heteroatoms. The second-order valence-corrected chi connectivity index (χ2v) is 21.7. The fourth-order valence-corrected chi connectivity index (χ4v) is 14.7. The summed E-state index contributed by atoms with van der Waals surface area (Å²) in [5.41, 5.74) is 0.0147. The largest absolute Gasteiger partial charge is 0.394 e. The van der Waals surface area contributed by atoms with Crippen LogP contribution < -0.4 is 0 Å². The van der Waals surface area contributed by atoms with E-state index < -0.39 is 130 Å². The number of rotatable bonds is 9. The number of ether oxygens (including phenoxy) is 8. The minimum Gasteiger partial charge on any atom is -0.394 e. The molecule has 4 aliphatic carbocycles. The van der Waals surface area contributed by atoms with E-state index in [-0.39, 0.29) is 22.9 Å². The summed E-state index contributed by atoms with van der Waals surface area (Å²) in [6.07, 6.45) is -18.5. The zero-order valence-electron chi connectivity index (χ0n) is 37.3. The van der Waals surface area contributed by atoms with E-state index in [0.29, 0.717) is 48.3 Å². The maximum absolute atomic E-state index is 11.8. The molecule has 0 amide bonds. The molecule has 0 aromatic carbocycles. The molecule has 0 aromatic rings. The molecule has 0 bridgehead atoms. The van der Waals surface area contributed by atoms with Crippen LogP contribution in [0.25, 0.3) is 0 Å². The van der Waals surface area contributed by atoms with Crippen molar-refractivity contribution in [2.45, 2.75) is 202 Å². The van der Waals surface area contributed by atoms with E-state index >= 15 is 0 Å². The molecule has 0 aromatic heterocycles. The number of hydrogen-bond acceptors (Lipinski definition) is 19. The minimum absolute atomic E-state index is 0.144. The molecule has 9 fully saturated rings. The summed E-state index contributed by atoms with van der Waals surface area (Å²) in [7, 11) is 0. The van der Waals surface area contributed by atoms with Crippen molar-refractivity contribution in [2.24, 2.45) is 52.3 Å². The lowest BCUT2D eigenvalue weighted by Crippen LogP contribution is -2.67. The van der Waals surface area contributed by atoms with Crippen molar-refractivity contribution in [3.8, 4) is 0 Å². The second-order valence-electron chi connectivity index (χ2n) is 21.7. The number of hydrogen-bond donors (Lipinski definition) is 11. The summed E-state index contributed by atoms with van der Waals surface area (Å²) < 4.78 is 48.7. The molecule has 9 aliphatic rings. The molecule has 28 atom stereocenters. The van der Waals surface area contributed by atoms with Crippen LogP contribution in [0.15, 0.2) is 0 Å². The van der Waals surface area contributed by atoms with Crippen LogP contribution in [0.2, 0.25) is 0 Å². The monoisotopic (exact) mass is 918 g/mol. The van der Waals surface area contributed by atoms with Gasteiger partial charge in [-0.1, -0.05) is 27.7 Å². The van der Waals surface area contributed by atoms with Crippen LogP contribution >= 0.6 is 0 Å². The maximum Gasteiger partial charge on any atom is 0.187 e. The first kappa shape index (κ1) is 48.3. The molecule has 9 rings (SSSR count). The summed E-state index contributed by atoms with van der Waals surface area (Å²) in [6, 6.07) is 0. The van der Waals surface area contributed by atoms with Crippen LogP contribution in [-0.4, -0.2) is 199 Å². The van der Waals surface area contributed by atoms with Gasteiger partial charge in [0.25, 0.3) is 0 Å². The molecule has 1 spiro atoms. The van der Waals surface area contributed by atoms with Crippen LogP contribution in [0.1, 0.15) is 85.5 Å². The van der Waals surface area contributed by atoms with Crippen molar-refractivity contribution < 1.29 is 94.1 Å². The number of aliphatic hydroxyl groups excluding tert-OH is 11. The normalized spacial score (nSPS) is 58.6. The van der Waals surface area contributed by atoms with Crippen LogP contribution in [-0.2, 0) is 37.9 Å². The Morgan fingerprint density at radius 3 is 1.86 bits per heavy atom. The van der Waals surface area contributed by atoms with Gasteiger partial charge in [-0.05, 0) is 97.7 Å². The number of fused-ring (bicyclic) bond motifs is 7. The Labute approximate surface area is 373 Å². The Bertz CT molecular complexity index is 1600. The molecule has 0 radical (unpaired) electrons. The summed E-state index contributed by atoms with van der Waals surface area (Å²) in [5.74, 6) is 2.57. The van der Waals surface area contributed by atoms with E-state index in [1.165, 1.54) is 0 Å². The fourth-order valence-electron chi connectivity index (χ4n) is 14.7. The van der Waals surface area contributed by atoms with Crippen LogP contribution in [0.5, 0.6) is 0 Å². The van der Waals surface area contributed by atoms with Crippen molar-refractivity contribution in [3.63, 3.8) is 0 Å². The lowest BCUT2D eigenvalue weighted by Gasteiger charge is -2.62. The molecule has 64 heavy (non-hydrogen) atoms. The molecule has 5 heterocycles. The topological polar surface area (TPSA) is 296 Å². The highest BCUT2D eigenvalue weighted by Crippen LogP contribution is 2.71. The SMILES string of the molecule is C[C@@H]1CC[C@@]2(OC1)O[C@H]1C[C@H]3[C@@H]4CC[C@H]5C[C@@H](O[C@H]6O[C@@H](CO)[C@H](O[C@@H]7O[C@H](CO)[C@@H](O)[C@H](O)[C@@H]7O[C@@H]7O[C@H](CO)[C@@H](O)[C@H](O)[C@@H]7O)[C@@H](O)[C@@H]6O)[C@@H](O)C[C@@]5(C)[C@@H]4CC[C@@]3(C)[C@H]1[C@@H]2C. The van der Waals surface area contributed by atoms with E-state index in [2.05, 4.69) is 27.7 Å². The minimum atomic E-state index is -1.91. The molecule has 5 saturated heterocycles. The van der Waals surface area contributed by atoms with Gasteiger partial charge < -0.3 is 94.1 Å². The Balaban J connectivity index is 0.848. The van der Waals surface area contributed by atoms with E-state index in [1.54, 1.807) is 0 Å². The molecule has 0 unspecified atom stereocenters. The van der Waals surface area contributed by atoms with Gasteiger partial charge in [0, 0.05) is 12.3 Å². The molecule has 11 N–H and O–H groups in total. The van der Waals surface area contributed by atoms with Gasteiger partial charge in [-0.25, -0.2) is 0 Å². The zero-order valence-corrected chi connectivity index (χ0v) is 37.3. The quantitative estimate of drug-likeness (QED) is 0.114. The summed E-state index contributed by atoms with van der Waals surface area (Å²) in [4.78, 5) is 0. The third-order valence-electron chi connectivity index (χ3n) is 18.3. The van der Waals surface area contributed by atoms with E-state index in [4.69, 9.17) is 37.9 Å². The van der Waals surface area contributed by atoms with Gasteiger partial charge in [-0.3, -0.25) is 0 Å². The summed E-state index contributed by atoms with van der Waals surface area (Å²) in [6.45, 7) is 7.85. The van der Waals surface area contributed by atoms with Crippen LogP contribution in [0.4, 0.5) is 0 Å². The first-order valence-electron chi connectivity index (χ1n) is 23.9. The Morgan fingerprint density at radius 2 is 1.19 bits per heavy atom. The molecule has 19 nitrogen and oxygen atoms in total. The highest BCUT2D eigenvalue weighted by molar-refractivity contribution is 5.16. The summed E-state index contributed by atoms with van der Waals surface area (Å²) in [5, 5.41) is 118. The van der Waals surface area contributed by atoms with E-state index in [1.807, 2.05) is 0 Å². The average molecular weight is 919 g/mol. The Hall–Kier alpha value is -0.760. The third-order valence-corrected chi connectivity index (χ3v) is 18.3. The number of aliphatic hydroxyl groups is 11. The predicted octanol–water partition coefficient (Wildman–Crippen LogP) is -1.76. The fraction of sp³-hybridized carbons (Fsp3) is 1.00. The second kappa shape index (κ2) is 18.2. The lowest BCUT2D eigenvalue weighted by molar-refractivity contribution is -0.391.